The lowest BCUT2D eigenvalue weighted by molar-refractivity contribution is -0.141. The summed E-state index contributed by atoms with van der Waals surface area (Å²) < 4.78 is 31.6. The molecule has 20 heteroatoms. The lowest BCUT2D eigenvalue weighted by Gasteiger charge is -2.41. The van der Waals surface area contributed by atoms with E-state index in [9.17, 15) is 47.9 Å². The minimum Gasteiger partial charge on any atom is -0.387 e. The summed E-state index contributed by atoms with van der Waals surface area (Å²) in [6, 6.07) is 13.1. The van der Waals surface area contributed by atoms with Gasteiger partial charge >= 0.3 is 0 Å². The van der Waals surface area contributed by atoms with E-state index in [1.165, 1.54) is 17.3 Å². The Bertz CT molecular complexity index is 2480. The molecule has 0 bridgehead atoms. The average Bonchev–Trinajstić information content (AvgIpc) is 3.89. The monoisotopic (exact) mass is 985 g/mol. The van der Waals surface area contributed by atoms with Gasteiger partial charge in [0.2, 0.25) is 35.4 Å². The van der Waals surface area contributed by atoms with Crippen LogP contribution in [0.4, 0.5) is 8.78 Å². The molecule has 71 heavy (non-hydrogen) atoms. The number of carbonyl (C=O) groups is 8. The lowest BCUT2D eigenvalue weighted by Crippen LogP contribution is -2.56. The smallest absolute Gasteiger partial charge is 0.254 e. The summed E-state index contributed by atoms with van der Waals surface area (Å²) in [4.78, 5) is 109. The van der Waals surface area contributed by atoms with Crippen molar-refractivity contribution < 1.29 is 52.2 Å². The summed E-state index contributed by atoms with van der Waals surface area (Å²) in [5.74, 6) is -7.57. The van der Waals surface area contributed by atoms with Crippen molar-refractivity contribution in [2.24, 2.45) is 11.1 Å². The van der Waals surface area contributed by atoms with E-state index in [4.69, 9.17) is 5.73 Å². The molecule has 0 radical (unpaired) electrons. The van der Waals surface area contributed by atoms with Gasteiger partial charge in [0.25, 0.3) is 11.8 Å². The van der Waals surface area contributed by atoms with Crippen LogP contribution in [0.3, 0.4) is 0 Å². The number of amides is 8. The molecule has 0 spiro atoms. The predicted octanol–water partition coefficient (Wildman–Crippen LogP) is 3.47. The van der Waals surface area contributed by atoms with E-state index < -0.39 is 102 Å². The Morgan fingerprint density at radius 1 is 0.789 bits per heavy atom. The van der Waals surface area contributed by atoms with E-state index in [1.54, 1.807) is 29.0 Å². The topological polar surface area (TPSA) is 255 Å². The average molecular weight is 986 g/mol. The van der Waals surface area contributed by atoms with Gasteiger partial charge in [0, 0.05) is 73.7 Å². The molecule has 0 fully saturated rings. The first kappa shape index (κ1) is 57.7. The number of hydrogen-bond donors (Lipinski definition) is 6. The predicted molar refractivity (Wildman–Crippen MR) is 261 cm³/mol. The number of aromatic nitrogens is 2. The van der Waals surface area contributed by atoms with Gasteiger partial charge in [0.1, 0.15) is 36.9 Å². The number of hydrogen-bond acceptors (Lipinski definition) is 10. The summed E-state index contributed by atoms with van der Waals surface area (Å²) in [6.07, 6.45) is 5.45. The number of benzene rings is 2. The molecule has 2 aromatic carbocycles. The highest BCUT2D eigenvalue weighted by Crippen LogP contribution is 2.41. The maximum absolute atomic E-state index is 15.3. The summed E-state index contributed by atoms with van der Waals surface area (Å²) in [5.41, 5.74) is 6.73. The van der Waals surface area contributed by atoms with E-state index in [1.807, 2.05) is 78.8 Å². The summed E-state index contributed by atoms with van der Waals surface area (Å²) in [7, 11) is 0. The van der Waals surface area contributed by atoms with Crippen molar-refractivity contribution in [3.05, 3.63) is 126 Å². The third kappa shape index (κ3) is 17.4. The molecule has 1 aliphatic heterocycles. The summed E-state index contributed by atoms with van der Waals surface area (Å²) in [5, 5.41) is 20.5. The van der Waals surface area contributed by atoms with Crippen molar-refractivity contribution in [3.63, 3.8) is 0 Å². The van der Waals surface area contributed by atoms with Gasteiger partial charge < -0.3 is 41.6 Å². The van der Waals surface area contributed by atoms with Crippen LogP contribution in [0.5, 0.6) is 0 Å². The van der Waals surface area contributed by atoms with Gasteiger partial charge in [-0.2, -0.15) is 0 Å². The first-order valence-corrected chi connectivity index (χ1v) is 23.3. The molecule has 7 N–H and O–H groups in total. The Kier molecular flexibility index (Phi) is 22.9. The second-order valence-electron chi connectivity index (χ2n) is 16.8. The fourth-order valence-corrected chi connectivity index (χ4v) is 7.55. The highest BCUT2D eigenvalue weighted by molar-refractivity contribution is 6.14. The van der Waals surface area contributed by atoms with Gasteiger partial charge in [-0.25, -0.2) is 8.78 Å². The zero-order chi connectivity index (χ0) is 52.8. The first-order valence-electron chi connectivity index (χ1n) is 23.3. The van der Waals surface area contributed by atoms with E-state index >= 15 is 4.39 Å². The number of pyridine rings is 1. The van der Waals surface area contributed by atoms with E-state index in [0.717, 1.165) is 40.8 Å². The number of halogens is 2. The fourth-order valence-electron chi connectivity index (χ4n) is 7.55. The number of nitrogens with one attached hydrogen (secondary N) is 4. The zero-order valence-corrected chi connectivity index (χ0v) is 41.2. The molecule has 3 heterocycles. The molecule has 3 atom stereocenters. The van der Waals surface area contributed by atoms with Crippen molar-refractivity contribution in [1.82, 2.24) is 40.6 Å². The number of nitrogens with two attached hydrogens (primary N) is 1. The standard InChI is InChI=1S/C47H53F2N9O9.2C2H6/c1-47(2,3)44(37-22-31(33-23-32(48)9-10-34(33)49)26-56(37)25-30-7-5-4-6-8-30)57(43(65)28-59)20-15-35(45(66)53-19-18-52-40(62)27-58-41(63)11-12-42(58)64)55-46(67)36(24-38(50)60)54-39(61)21-29-13-16-51-17-14-29;2*1-2/h4-14,16-17,22-23,26,35-36,44,59H,15,18-21,24-25,27-28H2,1-3H3,(H2,50,60)(H,52,62)(H,53,66)(H,54,61)(H,55,67);2*1-2H3. The molecule has 1 aliphatic rings. The second-order valence-corrected chi connectivity index (χ2v) is 16.8. The van der Waals surface area contributed by atoms with Crippen molar-refractivity contribution in [2.75, 3.05) is 32.8 Å². The SMILES string of the molecule is CC.CC.CC(C)(C)C(c1cc(-c2cc(F)ccc2F)cn1Cc1ccccc1)N(CCC(NC(=O)C(CC(N)=O)NC(=O)Cc1ccncc1)C(=O)NCCNC(=O)CN1C(=O)C=CC1=O)C(=O)CO. The van der Waals surface area contributed by atoms with Gasteiger partial charge in [-0.05, 0) is 59.4 Å². The molecule has 0 saturated carbocycles. The number of nitrogens with zero attached hydrogens (tertiary/aromatic N) is 4. The Hall–Kier alpha value is -7.61. The maximum Gasteiger partial charge on any atom is 0.254 e. The number of imide groups is 1. The third-order valence-corrected chi connectivity index (χ3v) is 10.6. The van der Waals surface area contributed by atoms with Crippen LogP contribution in [0.25, 0.3) is 11.1 Å². The Morgan fingerprint density at radius 2 is 1.42 bits per heavy atom. The largest absolute Gasteiger partial charge is 0.387 e. The Balaban J connectivity index is 0.00000324. The molecule has 0 saturated heterocycles. The molecule has 382 valence electrons. The second kappa shape index (κ2) is 28.2. The van der Waals surface area contributed by atoms with Gasteiger partial charge in [0.05, 0.1) is 18.9 Å². The van der Waals surface area contributed by atoms with Crippen LogP contribution in [0, 0.1) is 17.0 Å². The summed E-state index contributed by atoms with van der Waals surface area (Å²) in [6.45, 7) is 11.5. The minimum atomic E-state index is -1.55. The molecule has 2 aromatic heterocycles. The summed E-state index contributed by atoms with van der Waals surface area (Å²) >= 11 is 0. The van der Waals surface area contributed by atoms with Crippen molar-refractivity contribution >= 4 is 47.3 Å². The highest BCUT2D eigenvalue weighted by Gasteiger charge is 2.38. The molecule has 18 nitrogen and oxygen atoms in total. The number of carbonyl (C=O) groups excluding carboxylic acids is 8. The van der Waals surface area contributed by atoms with Crippen molar-refractivity contribution in [2.45, 2.75) is 92.4 Å². The van der Waals surface area contributed by atoms with Crippen LogP contribution in [-0.2, 0) is 51.3 Å². The minimum absolute atomic E-state index is 0.0372. The first-order chi connectivity index (χ1) is 33.8. The molecule has 4 aromatic rings. The van der Waals surface area contributed by atoms with Crippen LogP contribution >= 0.6 is 0 Å². The van der Waals surface area contributed by atoms with E-state index in [2.05, 4.69) is 26.3 Å². The number of aliphatic hydroxyl groups is 1. The van der Waals surface area contributed by atoms with Gasteiger partial charge in [-0.15, -0.1) is 0 Å². The fraction of sp³-hybridized carbons (Fsp3) is 0.392. The molecule has 3 unspecified atom stereocenters. The molecular formula is C51H65F2N9O9. The van der Waals surface area contributed by atoms with Gasteiger partial charge in [-0.3, -0.25) is 48.2 Å². The van der Waals surface area contributed by atoms with Gasteiger partial charge in [0.15, 0.2) is 0 Å². The van der Waals surface area contributed by atoms with Crippen LogP contribution in [-0.4, -0.2) is 117 Å². The maximum atomic E-state index is 15.3. The molecule has 0 aliphatic carbocycles. The lowest BCUT2D eigenvalue weighted by atomic mass is 9.82. The Morgan fingerprint density at radius 3 is 2.03 bits per heavy atom. The molecular weight excluding hydrogens is 921 g/mol. The number of primary amides is 1. The number of rotatable bonds is 22. The van der Waals surface area contributed by atoms with Crippen LogP contribution < -0.4 is 27.0 Å². The van der Waals surface area contributed by atoms with Gasteiger partial charge in [-0.1, -0.05) is 78.8 Å². The van der Waals surface area contributed by atoms with Crippen LogP contribution in [0.2, 0.25) is 0 Å². The normalized spacial score (nSPS) is 13.1. The third-order valence-electron chi connectivity index (χ3n) is 10.6. The zero-order valence-electron chi connectivity index (χ0n) is 41.2. The molecule has 5 rings (SSSR count). The van der Waals surface area contributed by atoms with Crippen LogP contribution in [0.1, 0.15) is 84.2 Å². The van der Waals surface area contributed by atoms with Crippen molar-refractivity contribution in [3.8, 4) is 11.1 Å². The highest BCUT2D eigenvalue weighted by atomic mass is 19.1. The molecule has 8 amide bonds. The van der Waals surface area contributed by atoms with Crippen molar-refractivity contribution in [1.29, 1.82) is 0 Å². The van der Waals surface area contributed by atoms with E-state index in [-0.39, 0.29) is 44.6 Å². The quantitative estimate of drug-likeness (QED) is 0.0494. The Labute approximate surface area is 412 Å². The van der Waals surface area contributed by atoms with Crippen LogP contribution in [0.15, 0.2) is 97.5 Å². The van der Waals surface area contributed by atoms with E-state index in [0.29, 0.717) is 16.8 Å². The number of aliphatic hydroxyl groups excluding tert-OH is 1.